The zero-order valence-corrected chi connectivity index (χ0v) is 10.4. The fourth-order valence-electron chi connectivity index (χ4n) is 2.16. The van der Waals surface area contributed by atoms with Gasteiger partial charge in [-0.15, -0.1) is 0 Å². The molecule has 0 aliphatic carbocycles. The zero-order valence-electron chi connectivity index (χ0n) is 10.4. The van der Waals surface area contributed by atoms with Crippen molar-refractivity contribution in [2.24, 2.45) is 0 Å². The monoisotopic (exact) mass is 270 g/mol. The number of rotatable bonds is 3. The van der Waals surface area contributed by atoms with Gasteiger partial charge in [-0.3, -0.25) is 9.69 Å². The third-order valence-corrected chi connectivity index (χ3v) is 3.05. The van der Waals surface area contributed by atoms with Crippen LogP contribution in [0.5, 0.6) is 0 Å². The Labute approximate surface area is 110 Å². The Morgan fingerprint density at radius 3 is 2.95 bits per heavy atom. The van der Waals surface area contributed by atoms with Crippen LogP contribution in [0.3, 0.4) is 0 Å². The number of anilines is 1. The third-order valence-electron chi connectivity index (χ3n) is 3.05. The van der Waals surface area contributed by atoms with Crippen molar-refractivity contribution < 1.29 is 18.7 Å². The Kier molecular flexibility index (Phi) is 4.44. The predicted octanol–water partition coefficient (Wildman–Crippen LogP) is 1.36. The lowest BCUT2D eigenvalue weighted by Crippen LogP contribution is -2.42. The first-order valence-corrected chi connectivity index (χ1v) is 6.20. The molecular weight excluding hydrogens is 254 g/mol. The highest BCUT2D eigenvalue weighted by molar-refractivity contribution is 5.92. The van der Waals surface area contributed by atoms with Crippen LogP contribution in [-0.4, -0.2) is 41.7 Å². The number of aliphatic hydroxyl groups is 1. The van der Waals surface area contributed by atoms with Crippen molar-refractivity contribution in [3.63, 3.8) is 0 Å². The van der Waals surface area contributed by atoms with Crippen LogP contribution in [-0.2, 0) is 4.79 Å². The van der Waals surface area contributed by atoms with Crippen LogP contribution in [0.1, 0.15) is 12.8 Å². The molecule has 1 aliphatic heterocycles. The zero-order chi connectivity index (χ0) is 13.8. The van der Waals surface area contributed by atoms with E-state index in [-0.39, 0.29) is 18.1 Å². The molecule has 1 heterocycles. The van der Waals surface area contributed by atoms with Gasteiger partial charge in [0.05, 0.1) is 18.3 Å². The lowest BCUT2D eigenvalue weighted by atomic mass is 10.1. The summed E-state index contributed by atoms with van der Waals surface area (Å²) in [6.07, 6.45) is 1.16. The Balaban J connectivity index is 1.90. The van der Waals surface area contributed by atoms with Gasteiger partial charge < -0.3 is 10.4 Å². The van der Waals surface area contributed by atoms with Gasteiger partial charge in [-0.25, -0.2) is 8.78 Å². The van der Waals surface area contributed by atoms with E-state index in [1.807, 2.05) is 4.90 Å². The number of piperidine rings is 1. The highest BCUT2D eigenvalue weighted by Crippen LogP contribution is 2.15. The molecule has 6 heteroatoms. The van der Waals surface area contributed by atoms with Crippen LogP contribution < -0.4 is 5.32 Å². The first-order chi connectivity index (χ1) is 9.04. The number of nitrogens with zero attached hydrogens (tertiary/aromatic N) is 1. The summed E-state index contributed by atoms with van der Waals surface area (Å²) in [5.74, 6) is -1.86. The van der Waals surface area contributed by atoms with Crippen molar-refractivity contribution in [2.75, 3.05) is 25.0 Å². The molecule has 104 valence electrons. The smallest absolute Gasteiger partial charge is 0.238 e. The molecule has 0 spiro atoms. The molecule has 2 N–H and O–H groups in total. The van der Waals surface area contributed by atoms with E-state index < -0.39 is 17.7 Å². The second kappa shape index (κ2) is 6.08. The third kappa shape index (κ3) is 3.97. The predicted molar refractivity (Wildman–Crippen MR) is 66.7 cm³/mol. The highest BCUT2D eigenvalue weighted by Gasteiger charge is 2.20. The Bertz CT molecular complexity index is 468. The van der Waals surface area contributed by atoms with Crippen molar-refractivity contribution in [1.82, 2.24) is 4.90 Å². The van der Waals surface area contributed by atoms with Crippen LogP contribution >= 0.6 is 0 Å². The number of β-amino-alcohol motifs (C(OH)–C–C–N with tert-alkyl or cyclic N) is 1. The van der Waals surface area contributed by atoms with Gasteiger partial charge in [0.1, 0.15) is 11.6 Å². The van der Waals surface area contributed by atoms with Gasteiger partial charge in [-0.05, 0) is 31.5 Å². The number of carbonyl (C=O) groups excluding carboxylic acids is 1. The second-order valence-electron chi connectivity index (χ2n) is 4.70. The average molecular weight is 270 g/mol. The number of amides is 1. The summed E-state index contributed by atoms with van der Waals surface area (Å²) >= 11 is 0. The maximum absolute atomic E-state index is 13.3. The molecule has 4 nitrogen and oxygen atoms in total. The molecule has 1 aromatic carbocycles. The molecule has 0 saturated carbocycles. The number of likely N-dealkylation sites (tertiary alicyclic amines) is 1. The van der Waals surface area contributed by atoms with E-state index in [9.17, 15) is 18.7 Å². The lowest BCUT2D eigenvalue weighted by Gasteiger charge is -2.29. The summed E-state index contributed by atoms with van der Waals surface area (Å²) in [6.45, 7) is 1.27. The van der Waals surface area contributed by atoms with E-state index in [1.165, 1.54) is 6.07 Å². The lowest BCUT2D eigenvalue weighted by molar-refractivity contribution is -0.118. The van der Waals surface area contributed by atoms with Gasteiger partial charge in [-0.2, -0.15) is 0 Å². The number of aliphatic hydroxyl groups excluding tert-OH is 1. The van der Waals surface area contributed by atoms with Crippen LogP contribution in [0, 0.1) is 11.6 Å². The molecule has 0 unspecified atom stereocenters. The van der Waals surface area contributed by atoms with Crippen LogP contribution in [0.15, 0.2) is 18.2 Å². The molecule has 2 rings (SSSR count). The minimum atomic E-state index is -0.799. The number of halogens is 2. The Hall–Kier alpha value is -1.53. The summed E-state index contributed by atoms with van der Waals surface area (Å²) in [6, 6.07) is 3.00. The number of carbonyl (C=O) groups is 1. The molecule has 0 bridgehead atoms. The molecule has 1 aromatic rings. The molecule has 19 heavy (non-hydrogen) atoms. The largest absolute Gasteiger partial charge is 0.392 e. The maximum Gasteiger partial charge on any atom is 0.238 e. The molecule has 1 fully saturated rings. The maximum atomic E-state index is 13.3. The summed E-state index contributed by atoms with van der Waals surface area (Å²) in [5, 5.41) is 11.9. The Morgan fingerprint density at radius 1 is 1.47 bits per heavy atom. The van der Waals surface area contributed by atoms with E-state index in [0.717, 1.165) is 31.5 Å². The molecule has 0 radical (unpaired) electrons. The van der Waals surface area contributed by atoms with Crippen molar-refractivity contribution in [1.29, 1.82) is 0 Å². The van der Waals surface area contributed by atoms with Gasteiger partial charge in [0.15, 0.2) is 0 Å². The quantitative estimate of drug-likeness (QED) is 0.872. The highest BCUT2D eigenvalue weighted by atomic mass is 19.1. The summed E-state index contributed by atoms with van der Waals surface area (Å²) in [4.78, 5) is 13.5. The fourth-order valence-corrected chi connectivity index (χ4v) is 2.16. The van der Waals surface area contributed by atoms with Crippen molar-refractivity contribution in [3.05, 3.63) is 29.8 Å². The van der Waals surface area contributed by atoms with Gasteiger partial charge in [-0.1, -0.05) is 0 Å². The number of hydrogen-bond donors (Lipinski definition) is 2. The number of nitrogens with one attached hydrogen (secondary N) is 1. The van der Waals surface area contributed by atoms with Crippen LogP contribution in [0.2, 0.25) is 0 Å². The second-order valence-corrected chi connectivity index (χ2v) is 4.70. The SMILES string of the molecule is O=C(CN1CCC[C@H](O)C1)Nc1ccc(F)cc1F. The average Bonchev–Trinajstić information content (AvgIpc) is 2.33. The molecule has 1 amide bonds. The summed E-state index contributed by atoms with van der Waals surface area (Å²) in [7, 11) is 0. The number of benzene rings is 1. The van der Waals surface area contributed by atoms with Gasteiger partial charge in [0.2, 0.25) is 5.91 Å². The molecule has 1 atom stereocenters. The van der Waals surface area contributed by atoms with E-state index in [4.69, 9.17) is 0 Å². The van der Waals surface area contributed by atoms with Gasteiger partial charge in [0, 0.05) is 12.6 Å². The van der Waals surface area contributed by atoms with Gasteiger partial charge >= 0.3 is 0 Å². The molecular formula is C13H16F2N2O2. The minimum Gasteiger partial charge on any atom is -0.392 e. The van der Waals surface area contributed by atoms with Crippen LogP contribution in [0.25, 0.3) is 0 Å². The van der Waals surface area contributed by atoms with E-state index in [0.29, 0.717) is 6.54 Å². The van der Waals surface area contributed by atoms with Crippen molar-refractivity contribution in [3.8, 4) is 0 Å². The first kappa shape index (κ1) is 13.9. The molecule has 1 aliphatic rings. The minimum absolute atomic E-state index is 0.0380. The summed E-state index contributed by atoms with van der Waals surface area (Å²) < 4.78 is 26.1. The normalized spacial score (nSPS) is 20.3. The standard InChI is InChI=1S/C13H16F2N2O2/c14-9-3-4-12(11(15)6-9)16-13(19)8-17-5-1-2-10(18)7-17/h3-4,6,10,18H,1-2,5,7-8H2,(H,16,19)/t10-/m0/s1. The van der Waals surface area contributed by atoms with Gasteiger partial charge in [0.25, 0.3) is 0 Å². The molecule has 0 aromatic heterocycles. The number of hydrogen-bond acceptors (Lipinski definition) is 3. The Morgan fingerprint density at radius 2 is 2.26 bits per heavy atom. The molecule has 1 saturated heterocycles. The van der Waals surface area contributed by atoms with E-state index >= 15 is 0 Å². The van der Waals surface area contributed by atoms with E-state index in [1.54, 1.807) is 0 Å². The fraction of sp³-hybridized carbons (Fsp3) is 0.462. The summed E-state index contributed by atoms with van der Waals surface area (Å²) in [5.41, 5.74) is -0.0380. The van der Waals surface area contributed by atoms with Crippen molar-refractivity contribution >= 4 is 11.6 Å². The van der Waals surface area contributed by atoms with Crippen molar-refractivity contribution in [2.45, 2.75) is 18.9 Å². The van der Waals surface area contributed by atoms with E-state index in [2.05, 4.69) is 5.32 Å². The topological polar surface area (TPSA) is 52.6 Å². The van der Waals surface area contributed by atoms with Crippen LogP contribution in [0.4, 0.5) is 14.5 Å². The first-order valence-electron chi connectivity index (χ1n) is 6.20.